The minimum Gasteiger partial charge on any atom is -0.334 e. The minimum atomic E-state index is -4.39. The first kappa shape index (κ1) is 18.3. The Labute approximate surface area is 158 Å². The van der Waals surface area contributed by atoms with E-state index in [-0.39, 0.29) is 30.7 Å². The molecule has 1 saturated carbocycles. The Morgan fingerprint density at radius 1 is 1.11 bits per heavy atom. The van der Waals surface area contributed by atoms with Gasteiger partial charge in [0.05, 0.1) is 16.6 Å². The Morgan fingerprint density at radius 2 is 1.79 bits per heavy atom. The van der Waals surface area contributed by atoms with Crippen LogP contribution in [0, 0.1) is 0 Å². The van der Waals surface area contributed by atoms with Crippen LogP contribution in [0.15, 0.2) is 53.3 Å². The summed E-state index contributed by atoms with van der Waals surface area (Å²) in [5, 5.41) is 0. The van der Waals surface area contributed by atoms with Crippen molar-refractivity contribution in [1.82, 2.24) is 14.5 Å². The average molecular weight is 389 g/mol. The maximum Gasteiger partial charge on any atom is 0.416 e. The van der Waals surface area contributed by atoms with Crippen molar-refractivity contribution in [2.24, 2.45) is 0 Å². The van der Waals surface area contributed by atoms with Gasteiger partial charge in [0.2, 0.25) is 5.91 Å². The van der Waals surface area contributed by atoms with Gasteiger partial charge in [0, 0.05) is 12.6 Å². The van der Waals surface area contributed by atoms with Gasteiger partial charge in [-0.25, -0.2) is 4.79 Å². The van der Waals surface area contributed by atoms with Crippen LogP contribution in [0.4, 0.5) is 13.2 Å². The van der Waals surface area contributed by atoms with E-state index in [9.17, 15) is 22.8 Å². The number of carbonyl (C=O) groups excluding carboxylic acids is 1. The number of halogens is 3. The Morgan fingerprint density at radius 3 is 2.43 bits per heavy atom. The van der Waals surface area contributed by atoms with Crippen molar-refractivity contribution in [3.05, 3.63) is 70.1 Å². The highest BCUT2D eigenvalue weighted by molar-refractivity contribution is 5.81. The number of para-hydroxylation sites is 2. The fourth-order valence-electron chi connectivity index (χ4n) is 3.29. The van der Waals surface area contributed by atoms with Gasteiger partial charge in [-0.15, -0.1) is 0 Å². The van der Waals surface area contributed by atoms with E-state index in [2.05, 4.69) is 4.98 Å². The van der Waals surface area contributed by atoms with Gasteiger partial charge in [0.1, 0.15) is 6.54 Å². The van der Waals surface area contributed by atoms with E-state index in [0.29, 0.717) is 16.6 Å². The highest BCUT2D eigenvalue weighted by Crippen LogP contribution is 2.31. The Balaban J connectivity index is 1.54. The number of hydrogen-bond acceptors (Lipinski definition) is 2. The molecule has 0 spiro atoms. The molecule has 5 nitrogen and oxygen atoms in total. The molecule has 1 amide bonds. The van der Waals surface area contributed by atoms with Crippen LogP contribution in [0.3, 0.4) is 0 Å². The lowest BCUT2D eigenvalue weighted by molar-refractivity contribution is -0.137. The van der Waals surface area contributed by atoms with Crippen molar-refractivity contribution >= 4 is 16.9 Å². The number of rotatable bonds is 5. The number of aromatic nitrogens is 2. The fraction of sp³-hybridized carbons (Fsp3) is 0.300. The molecule has 0 unspecified atom stereocenters. The van der Waals surface area contributed by atoms with Crippen molar-refractivity contribution in [3.8, 4) is 0 Å². The first-order valence-electron chi connectivity index (χ1n) is 8.96. The molecular formula is C20H18F3N3O2. The predicted octanol–water partition coefficient (Wildman–Crippen LogP) is 3.54. The smallest absolute Gasteiger partial charge is 0.334 e. The molecule has 1 aliphatic carbocycles. The number of alkyl halides is 3. The van der Waals surface area contributed by atoms with E-state index in [1.54, 1.807) is 29.2 Å². The van der Waals surface area contributed by atoms with Crippen LogP contribution in [0.5, 0.6) is 0 Å². The molecule has 1 fully saturated rings. The number of H-pyrrole nitrogens is 1. The Hall–Kier alpha value is -3.03. The molecule has 1 aliphatic rings. The zero-order chi connectivity index (χ0) is 19.9. The van der Waals surface area contributed by atoms with E-state index in [1.807, 2.05) is 0 Å². The zero-order valence-electron chi connectivity index (χ0n) is 14.9. The Bertz CT molecular complexity index is 1060. The van der Waals surface area contributed by atoms with E-state index in [0.717, 1.165) is 25.0 Å². The number of amides is 1. The van der Waals surface area contributed by atoms with Gasteiger partial charge in [0.25, 0.3) is 0 Å². The second-order valence-electron chi connectivity index (χ2n) is 6.98. The van der Waals surface area contributed by atoms with E-state index in [4.69, 9.17) is 0 Å². The number of fused-ring (bicyclic) bond motifs is 1. The van der Waals surface area contributed by atoms with Crippen LogP contribution in [0.2, 0.25) is 0 Å². The second-order valence-corrected chi connectivity index (χ2v) is 6.98. The fourth-order valence-corrected chi connectivity index (χ4v) is 3.29. The lowest BCUT2D eigenvalue weighted by Gasteiger charge is -2.23. The molecule has 1 heterocycles. The van der Waals surface area contributed by atoms with Gasteiger partial charge >= 0.3 is 11.9 Å². The van der Waals surface area contributed by atoms with Crippen molar-refractivity contribution < 1.29 is 18.0 Å². The zero-order valence-corrected chi connectivity index (χ0v) is 14.9. The minimum absolute atomic E-state index is 0.0655. The number of nitrogens with zero attached hydrogens (tertiary/aromatic N) is 2. The average Bonchev–Trinajstić information content (AvgIpc) is 3.44. The van der Waals surface area contributed by atoms with E-state index >= 15 is 0 Å². The van der Waals surface area contributed by atoms with E-state index in [1.165, 1.54) is 16.7 Å². The monoisotopic (exact) mass is 389 g/mol. The molecule has 4 rings (SSSR count). The quantitative estimate of drug-likeness (QED) is 0.726. The van der Waals surface area contributed by atoms with Crippen LogP contribution in [0.25, 0.3) is 11.0 Å². The van der Waals surface area contributed by atoms with Gasteiger partial charge < -0.3 is 9.88 Å². The highest BCUT2D eigenvalue weighted by atomic mass is 19.4. The van der Waals surface area contributed by atoms with Crippen LogP contribution in [-0.2, 0) is 24.1 Å². The molecule has 1 aromatic heterocycles. The number of hydrogen-bond donors (Lipinski definition) is 1. The number of imidazole rings is 1. The molecular weight excluding hydrogens is 371 g/mol. The molecule has 0 saturated heterocycles. The van der Waals surface area contributed by atoms with Crippen LogP contribution in [-0.4, -0.2) is 26.4 Å². The summed E-state index contributed by atoms with van der Waals surface area (Å²) < 4.78 is 39.6. The first-order chi connectivity index (χ1) is 13.3. The maximum absolute atomic E-state index is 12.9. The number of nitrogens with one attached hydrogen (secondary N) is 1. The van der Waals surface area contributed by atoms with Crippen LogP contribution >= 0.6 is 0 Å². The SMILES string of the molecule is O=C(Cn1c(=O)[nH]c2ccccc21)N(Cc1ccc(C(F)(F)F)cc1)C1CC1. The standard InChI is InChI=1S/C20H18F3N3O2/c21-20(22,23)14-7-5-13(6-8-14)11-25(15-9-10-15)18(27)12-26-17-4-2-1-3-16(17)24-19(26)28/h1-8,15H,9-12H2,(H,24,28). The molecule has 0 bridgehead atoms. The Kier molecular flexibility index (Phi) is 4.49. The van der Waals surface area contributed by atoms with E-state index < -0.39 is 11.7 Å². The van der Waals surface area contributed by atoms with Gasteiger partial charge in [-0.2, -0.15) is 13.2 Å². The predicted molar refractivity (Wildman–Crippen MR) is 97.6 cm³/mol. The molecule has 1 N–H and O–H groups in total. The normalized spacial score (nSPS) is 14.4. The molecule has 2 aromatic carbocycles. The highest BCUT2D eigenvalue weighted by Gasteiger charge is 2.33. The summed E-state index contributed by atoms with van der Waals surface area (Å²) >= 11 is 0. The molecule has 0 atom stereocenters. The lowest BCUT2D eigenvalue weighted by Crippen LogP contribution is -2.37. The number of aromatic amines is 1. The molecule has 8 heteroatoms. The van der Waals surface area contributed by atoms with Crippen molar-refractivity contribution in [2.45, 2.75) is 38.1 Å². The summed E-state index contributed by atoms with van der Waals surface area (Å²) in [6.45, 7) is 0.110. The lowest BCUT2D eigenvalue weighted by atomic mass is 10.1. The van der Waals surface area contributed by atoms with Gasteiger partial charge in [-0.05, 0) is 42.7 Å². The second kappa shape index (κ2) is 6.85. The van der Waals surface area contributed by atoms with Crippen molar-refractivity contribution in [1.29, 1.82) is 0 Å². The topological polar surface area (TPSA) is 58.1 Å². The number of benzene rings is 2. The third-order valence-corrected chi connectivity index (χ3v) is 4.92. The van der Waals surface area contributed by atoms with Crippen molar-refractivity contribution in [3.63, 3.8) is 0 Å². The summed E-state index contributed by atoms with van der Waals surface area (Å²) in [6.07, 6.45) is -2.68. The van der Waals surface area contributed by atoms with Gasteiger partial charge in [0.15, 0.2) is 0 Å². The summed E-state index contributed by atoms with van der Waals surface area (Å²) in [7, 11) is 0. The largest absolute Gasteiger partial charge is 0.416 e. The molecule has 146 valence electrons. The summed E-state index contributed by atoms with van der Waals surface area (Å²) in [6, 6.07) is 12.0. The first-order valence-corrected chi connectivity index (χ1v) is 8.96. The van der Waals surface area contributed by atoms with Gasteiger partial charge in [-0.1, -0.05) is 24.3 Å². The summed E-state index contributed by atoms with van der Waals surface area (Å²) in [4.78, 5) is 29.5. The van der Waals surface area contributed by atoms with Crippen molar-refractivity contribution in [2.75, 3.05) is 0 Å². The molecule has 28 heavy (non-hydrogen) atoms. The number of carbonyl (C=O) groups is 1. The third-order valence-electron chi connectivity index (χ3n) is 4.92. The van der Waals surface area contributed by atoms with Crippen LogP contribution < -0.4 is 5.69 Å². The molecule has 3 aromatic rings. The maximum atomic E-state index is 12.9. The summed E-state index contributed by atoms with van der Waals surface area (Å²) in [5.41, 5.74) is 0.845. The third kappa shape index (κ3) is 3.67. The molecule has 0 aliphatic heterocycles. The van der Waals surface area contributed by atoms with Crippen LogP contribution in [0.1, 0.15) is 24.0 Å². The van der Waals surface area contributed by atoms with Gasteiger partial charge in [-0.3, -0.25) is 9.36 Å². The molecule has 0 radical (unpaired) electrons. The summed E-state index contributed by atoms with van der Waals surface area (Å²) in [5.74, 6) is -0.228.